The molecule has 0 radical (unpaired) electrons. The molecule has 4 heteroatoms. The van der Waals surface area contributed by atoms with Gasteiger partial charge < -0.3 is 14.8 Å². The molecule has 1 N–H and O–H groups in total. The lowest BCUT2D eigenvalue weighted by molar-refractivity contribution is 0.0696. The largest absolute Gasteiger partial charge is 0.490 e. The molecular weight excluding hydrogens is 362 g/mol. The molecule has 29 heavy (non-hydrogen) atoms. The minimum atomic E-state index is -0.584. The van der Waals surface area contributed by atoms with Crippen LogP contribution in [0.3, 0.4) is 0 Å². The number of ether oxygens (including phenoxy) is 2. The van der Waals surface area contributed by atoms with E-state index in [-0.39, 0.29) is 6.61 Å². The van der Waals surface area contributed by atoms with E-state index < -0.39 is 17.7 Å². The Bertz CT molecular complexity index is 898. The van der Waals surface area contributed by atoms with Gasteiger partial charge in [-0.15, -0.1) is 0 Å². The van der Waals surface area contributed by atoms with Crippen LogP contribution in [0.5, 0.6) is 5.75 Å². The number of rotatable bonds is 8. The average Bonchev–Trinajstić information content (AvgIpc) is 2.66. The summed E-state index contributed by atoms with van der Waals surface area (Å²) in [7, 11) is 0. The van der Waals surface area contributed by atoms with Gasteiger partial charge in [0.1, 0.15) is 18.5 Å². The van der Waals surface area contributed by atoms with Crippen LogP contribution in [0.4, 0.5) is 4.79 Å². The number of alkyl carbamates (subject to hydrolysis) is 1. The van der Waals surface area contributed by atoms with Crippen LogP contribution in [0.15, 0.2) is 61.7 Å². The van der Waals surface area contributed by atoms with E-state index in [1.54, 1.807) is 6.92 Å². The molecule has 2 aromatic rings. The number of allylic oxidation sites excluding steroid dienone is 2. The quantitative estimate of drug-likeness (QED) is 0.582. The molecule has 1 unspecified atom stereocenters. The van der Waals surface area contributed by atoms with Gasteiger partial charge in [-0.25, -0.2) is 4.79 Å². The molecule has 0 saturated heterocycles. The molecule has 0 aliphatic heterocycles. The van der Waals surface area contributed by atoms with E-state index in [1.807, 2.05) is 76.2 Å². The topological polar surface area (TPSA) is 47.6 Å². The normalized spacial score (nSPS) is 12.0. The number of amides is 1. The van der Waals surface area contributed by atoms with Gasteiger partial charge in [-0.2, -0.15) is 0 Å². The van der Waals surface area contributed by atoms with Crippen LogP contribution in [-0.4, -0.2) is 18.8 Å². The lowest BCUT2D eigenvalue weighted by Gasteiger charge is -2.28. The van der Waals surface area contributed by atoms with E-state index in [1.165, 1.54) is 0 Å². The molecule has 0 bridgehead atoms. The van der Waals surface area contributed by atoms with Gasteiger partial charge in [-0.05, 0) is 69.5 Å². The Balaban J connectivity index is 1.92. The zero-order chi connectivity index (χ0) is 21.6. The monoisotopic (exact) mass is 393 g/mol. The number of benzene rings is 2. The molecule has 154 valence electrons. The Hall–Kier alpha value is -3.01. The highest BCUT2D eigenvalue weighted by Crippen LogP contribution is 2.24. The highest BCUT2D eigenvalue weighted by molar-refractivity contribution is 5.69. The van der Waals surface area contributed by atoms with Gasteiger partial charge in [-0.3, -0.25) is 0 Å². The highest BCUT2D eigenvalue weighted by atomic mass is 16.6. The predicted molar refractivity (Wildman–Crippen MR) is 120 cm³/mol. The summed E-state index contributed by atoms with van der Waals surface area (Å²) in [6, 6.07) is 15.7. The number of hydrogen-bond donors (Lipinski definition) is 1. The zero-order valence-corrected chi connectivity index (χ0v) is 18.0. The van der Waals surface area contributed by atoms with E-state index in [2.05, 4.69) is 18.5 Å². The van der Waals surface area contributed by atoms with Crippen LogP contribution in [0.25, 0.3) is 11.1 Å². The first kappa shape index (κ1) is 22.3. The molecule has 4 nitrogen and oxygen atoms in total. The van der Waals surface area contributed by atoms with Crippen molar-refractivity contribution in [2.75, 3.05) is 6.61 Å². The predicted octanol–water partition coefficient (Wildman–Crippen LogP) is 6.18. The number of carbonyl (C=O) groups is 1. The summed E-state index contributed by atoms with van der Waals surface area (Å²) < 4.78 is 11.2. The summed E-state index contributed by atoms with van der Waals surface area (Å²) in [5, 5.41) is 2.93. The minimum Gasteiger partial charge on any atom is -0.490 e. The van der Waals surface area contributed by atoms with Crippen molar-refractivity contribution in [2.24, 2.45) is 0 Å². The average molecular weight is 394 g/mol. The van der Waals surface area contributed by atoms with Crippen molar-refractivity contribution in [1.82, 2.24) is 5.32 Å². The molecule has 1 amide bonds. The van der Waals surface area contributed by atoms with Gasteiger partial charge >= 0.3 is 6.09 Å². The Morgan fingerprint density at radius 2 is 1.62 bits per heavy atom. The van der Waals surface area contributed by atoms with Crippen molar-refractivity contribution < 1.29 is 14.3 Å². The van der Waals surface area contributed by atoms with E-state index in [9.17, 15) is 4.79 Å². The first-order valence-corrected chi connectivity index (χ1v) is 9.72. The van der Waals surface area contributed by atoms with Crippen molar-refractivity contribution in [3.8, 4) is 5.75 Å². The molecule has 0 spiro atoms. The highest BCUT2D eigenvalue weighted by Gasteiger charge is 2.25. The van der Waals surface area contributed by atoms with Crippen molar-refractivity contribution in [3.05, 3.63) is 78.4 Å². The van der Waals surface area contributed by atoms with Crippen LogP contribution < -0.4 is 10.1 Å². The Labute approximate surface area is 174 Å². The second-order valence-corrected chi connectivity index (χ2v) is 7.95. The van der Waals surface area contributed by atoms with Gasteiger partial charge in [0.05, 0.1) is 5.54 Å². The van der Waals surface area contributed by atoms with Gasteiger partial charge in [0, 0.05) is 0 Å². The van der Waals surface area contributed by atoms with Crippen LogP contribution in [-0.2, 0) is 10.3 Å². The molecule has 1 atom stereocenters. The molecule has 0 aliphatic rings. The van der Waals surface area contributed by atoms with Crippen molar-refractivity contribution in [2.45, 2.75) is 46.3 Å². The lowest BCUT2D eigenvalue weighted by atomic mass is 9.92. The van der Waals surface area contributed by atoms with Crippen LogP contribution >= 0.6 is 0 Å². The number of nitrogens with one attached hydrogen (secondary N) is 1. The maximum Gasteiger partial charge on any atom is 0.408 e. The van der Waals surface area contributed by atoms with E-state index in [4.69, 9.17) is 9.47 Å². The first-order chi connectivity index (χ1) is 13.6. The van der Waals surface area contributed by atoms with Gasteiger partial charge in [0.15, 0.2) is 0 Å². The van der Waals surface area contributed by atoms with Crippen LogP contribution in [0.2, 0.25) is 0 Å². The summed E-state index contributed by atoms with van der Waals surface area (Å²) in [6.45, 7) is 17.8. The molecule has 0 saturated carbocycles. The summed E-state index contributed by atoms with van der Waals surface area (Å²) in [4.78, 5) is 12.4. The second kappa shape index (κ2) is 9.46. The van der Waals surface area contributed by atoms with Crippen LogP contribution in [0, 0.1) is 0 Å². The summed E-state index contributed by atoms with van der Waals surface area (Å²) >= 11 is 0. The van der Waals surface area contributed by atoms with E-state index in [0.29, 0.717) is 0 Å². The molecule has 0 aromatic heterocycles. The van der Waals surface area contributed by atoms with E-state index >= 15 is 0 Å². The molecule has 0 heterocycles. The third-order valence-corrected chi connectivity index (χ3v) is 4.61. The van der Waals surface area contributed by atoms with Crippen molar-refractivity contribution in [3.63, 3.8) is 0 Å². The molecular formula is C25H31NO3. The smallest absolute Gasteiger partial charge is 0.408 e. The lowest BCUT2D eigenvalue weighted by Crippen LogP contribution is -2.43. The van der Waals surface area contributed by atoms with Crippen LogP contribution in [0.1, 0.15) is 51.3 Å². The van der Waals surface area contributed by atoms with E-state index in [0.717, 1.165) is 33.6 Å². The maximum atomic E-state index is 12.4. The second-order valence-electron chi connectivity index (χ2n) is 7.95. The fraction of sp³-hybridized carbons (Fsp3) is 0.320. The fourth-order valence-corrected chi connectivity index (χ4v) is 2.81. The number of carbonyl (C=O) groups excluding carboxylic acids is 1. The third kappa shape index (κ3) is 6.53. The Kier molecular flexibility index (Phi) is 7.27. The SMILES string of the molecule is C=C(C)c1cccc(OCC(C)OC(=O)NC(C)(C)c2cccc(C(=C)C)c2)c1. The standard InChI is InChI=1S/C25H31NO3/c1-17(2)20-10-8-12-22(14-20)25(6,7)26-24(27)29-19(5)16-28-23-13-9-11-21(15-23)18(3)4/h8-15,19H,1,3,16H2,2,4-7H3,(H,26,27). The summed E-state index contributed by atoms with van der Waals surface area (Å²) in [6.07, 6.45) is -0.886. The first-order valence-electron chi connectivity index (χ1n) is 9.72. The third-order valence-electron chi connectivity index (χ3n) is 4.61. The summed E-state index contributed by atoms with van der Waals surface area (Å²) in [5.41, 5.74) is 4.41. The van der Waals surface area contributed by atoms with Gasteiger partial charge in [-0.1, -0.05) is 54.6 Å². The molecule has 2 aromatic carbocycles. The Morgan fingerprint density at radius 1 is 1.03 bits per heavy atom. The molecule has 0 aliphatic carbocycles. The van der Waals surface area contributed by atoms with Crippen molar-refractivity contribution >= 4 is 17.2 Å². The fourth-order valence-electron chi connectivity index (χ4n) is 2.81. The minimum absolute atomic E-state index is 0.263. The van der Waals surface area contributed by atoms with Gasteiger partial charge in [0.25, 0.3) is 0 Å². The van der Waals surface area contributed by atoms with Crippen molar-refractivity contribution in [1.29, 1.82) is 0 Å². The number of hydrogen-bond acceptors (Lipinski definition) is 3. The molecule has 0 fully saturated rings. The van der Waals surface area contributed by atoms with Gasteiger partial charge in [0.2, 0.25) is 0 Å². The summed E-state index contributed by atoms with van der Waals surface area (Å²) in [5.74, 6) is 0.721. The Morgan fingerprint density at radius 3 is 2.24 bits per heavy atom. The molecule has 2 rings (SSSR count). The maximum absolute atomic E-state index is 12.4. The zero-order valence-electron chi connectivity index (χ0n) is 18.0.